The van der Waals surface area contributed by atoms with Crippen molar-refractivity contribution in [2.75, 3.05) is 6.54 Å². The second-order valence-electron chi connectivity index (χ2n) is 4.61. The van der Waals surface area contributed by atoms with Crippen LogP contribution in [0.25, 0.3) is 0 Å². The molecule has 2 heterocycles. The predicted octanol–water partition coefficient (Wildman–Crippen LogP) is 0.930. The van der Waals surface area contributed by atoms with E-state index in [2.05, 4.69) is 5.32 Å². The molecular formula is C15H16N2O4. The largest absolute Gasteiger partial charge is 0.456 e. The van der Waals surface area contributed by atoms with Crippen molar-refractivity contribution in [3.05, 3.63) is 68.6 Å². The van der Waals surface area contributed by atoms with E-state index in [0.717, 1.165) is 6.07 Å². The summed E-state index contributed by atoms with van der Waals surface area (Å²) in [5, 5.41) is 2.66. The zero-order valence-electron chi connectivity index (χ0n) is 11.7. The van der Waals surface area contributed by atoms with Gasteiger partial charge in [0.15, 0.2) is 11.2 Å². The second-order valence-corrected chi connectivity index (χ2v) is 4.61. The van der Waals surface area contributed by atoms with Crippen LogP contribution in [0, 0.1) is 6.92 Å². The molecule has 0 radical (unpaired) electrons. The maximum Gasteiger partial charge on any atom is 0.287 e. The quantitative estimate of drug-likeness (QED) is 0.830. The summed E-state index contributed by atoms with van der Waals surface area (Å²) in [7, 11) is 0. The number of hydrogen-bond acceptors (Lipinski definition) is 4. The zero-order valence-corrected chi connectivity index (χ0v) is 11.7. The van der Waals surface area contributed by atoms with Crippen LogP contribution in [-0.4, -0.2) is 17.0 Å². The van der Waals surface area contributed by atoms with Crippen molar-refractivity contribution in [3.8, 4) is 0 Å². The van der Waals surface area contributed by atoms with Gasteiger partial charge in [-0.3, -0.25) is 14.4 Å². The van der Waals surface area contributed by atoms with E-state index in [9.17, 15) is 14.4 Å². The van der Waals surface area contributed by atoms with Crippen molar-refractivity contribution in [2.45, 2.75) is 19.9 Å². The van der Waals surface area contributed by atoms with Gasteiger partial charge in [-0.1, -0.05) is 6.07 Å². The topological polar surface area (TPSA) is 81.3 Å². The van der Waals surface area contributed by atoms with Crippen LogP contribution in [0.4, 0.5) is 0 Å². The smallest absolute Gasteiger partial charge is 0.287 e. The van der Waals surface area contributed by atoms with Crippen molar-refractivity contribution >= 4 is 5.91 Å². The van der Waals surface area contributed by atoms with Gasteiger partial charge in [-0.2, -0.15) is 0 Å². The minimum Gasteiger partial charge on any atom is -0.456 e. The Hall–Kier alpha value is -2.63. The molecule has 110 valence electrons. The van der Waals surface area contributed by atoms with Gasteiger partial charge in [0.2, 0.25) is 5.56 Å². The molecule has 2 rings (SSSR count). The first kappa shape index (κ1) is 14.8. The van der Waals surface area contributed by atoms with E-state index in [1.807, 2.05) is 0 Å². The van der Waals surface area contributed by atoms with Gasteiger partial charge in [0.25, 0.3) is 5.91 Å². The van der Waals surface area contributed by atoms with Crippen LogP contribution in [0.2, 0.25) is 0 Å². The zero-order chi connectivity index (χ0) is 15.2. The molecule has 1 N–H and O–H groups in total. The third kappa shape index (κ3) is 4.17. The van der Waals surface area contributed by atoms with Gasteiger partial charge in [0.05, 0.1) is 0 Å². The van der Waals surface area contributed by atoms with Gasteiger partial charge in [0.1, 0.15) is 5.76 Å². The molecule has 0 atom stereocenters. The second kappa shape index (κ2) is 6.69. The number of rotatable bonds is 5. The lowest BCUT2D eigenvalue weighted by atomic mass is 10.3. The molecule has 6 heteroatoms. The molecule has 0 aliphatic heterocycles. The van der Waals surface area contributed by atoms with Crippen LogP contribution in [0.15, 0.2) is 50.5 Å². The molecule has 21 heavy (non-hydrogen) atoms. The number of nitrogens with zero attached hydrogens (tertiary/aromatic N) is 1. The van der Waals surface area contributed by atoms with E-state index in [0.29, 0.717) is 25.3 Å². The Morgan fingerprint density at radius 1 is 1.29 bits per heavy atom. The number of carbonyl (C=O) groups excluding carboxylic acids is 1. The SMILES string of the molecule is Cc1cc(=O)cc(C(=O)NCCCn2ccccc2=O)o1. The van der Waals surface area contributed by atoms with Gasteiger partial charge < -0.3 is 14.3 Å². The number of aryl methyl sites for hydroxylation is 2. The average molecular weight is 288 g/mol. The van der Waals surface area contributed by atoms with E-state index < -0.39 is 5.91 Å². The van der Waals surface area contributed by atoms with Crippen molar-refractivity contribution < 1.29 is 9.21 Å². The molecule has 6 nitrogen and oxygen atoms in total. The fourth-order valence-corrected chi connectivity index (χ4v) is 1.90. The summed E-state index contributed by atoms with van der Waals surface area (Å²) >= 11 is 0. The Balaban J connectivity index is 1.86. The Bertz CT molecular complexity index is 746. The van der Waals surface area contributed by atoms with Crippen LogP contribution in [0.1, 0.15) is 22.7 Å². The molecule has 0 unspecified atom stereocenters. The minimum atomic E-state index is -0.434. The summed E-state index contributed by atoms with van der Waals surface area (Å²) in [5.41, 5.74) is -0.340. The molecule has 1 amide bonds. The average Bonchev–Trinajstić information content (AvgIpc) is 2.44. The van der Waals surface area contributed by atoms with E-state index in [1.165, 1.54) is 12.1 Å². The highest BCUT2D eigenvalue weighted by atomic mass is 16.3. The Morgan fingerprint density at radius 3 is 2.81 bits per heavy atom. The number of aromatic nitrogens is 1. The molecule has 0 aromatic carbocycles. The number of hydrogen-bond donors (Lipinski definition) is 1. The van der Waals surface area contributed by atoms with Crippen LogP contribution in [0.5, 0.6) is 0 Å². The molecule has 2 aromatic heterocycles. The Labute approximate surface area is 121 Å². The number of amides is 1. The molecule has 0 aliphatic carbocycles. The predicted molar refractivity (Wildman–Crippen MR) is 77.4 cm³/mol. The highest BCUT2D eigenvalue weighted by Gasteiger charge is 2.09. The summed E-state index contributed by atoms with van der Waals surface area (Å²) in [5.74, 6) is -0.0448. The van der Waals surface area contributed by atoms with E-state index in [-0.39, 0.29) is 16.7 Å². The highest BCUT2D eigenvalue weighted by molar-refractivity contribution is 5.91. The molecule has 0 saturated heterocycles. The third-order valence-corrected chi connectivity index (χ3v) is 2.87. The van der Waals surface area contributed by atoms with Crippen molar-refractivity contribution in [2.24, 2.45) is 0 Å². The number of carbonyl (C=O) groups is 1. The minimum absolute atomic E-state index is 0.00289. The summed E-state index contributed by atoms with van der Waals surface area (Å²) in [6, 6.07) is 7.42. The molecule has 0 spiro atoms. The molecule has 0 aliphatic rings. The van der Waals surface area contributed by atoms with Crippen molar-refractivity contribution in [3.63, 3.8) is 0 Å². The van der Waals surface area contributed by atoms with Gasteiger partial charge in [-0.25, -0.2) is 0 Å². The highest BCUT2D eigenvalue weighted by Crippen LogP contribution is 2.00. The van der Waals surface area contributed by atoms with E-state index >= 15 is 0 Å². The lowest BCUT2D eigenvalue weighted by Gasteiger charge is -2.06. The maximum atomic E-state index is 11.8. The van der Waals surface area contributed by atoms with Gasteiger partial charge in [-0.15, -0.1) is 0 Å². The lowest BCUT2D eigenvalue weighted by Crippen LogP contribution is -2.27. The van der Waals surface area contributed by atoms with Crippen LogP contribution in [-0.2, 0) is 6.54 Å². The molecule has 0 bridgehead atoms. The molecular weight excluding hydrogens is 272 g/mol. The lowest BCUT2D eigenvalue weighted by molar-refractivity contribution is 0.0921. The first-order valence-corrected chi connectivity index (χ1v) is 6.62. The molecule has 2 aromatic rings. The van der Waals surface area contributed by atoms with Crippen LogP contribution in [0.3, 0.4) is 0 Å². The van der Waals surface area contributed by atoms with E-state index in [4.69, 9.17) is 4.42 Å². The first-order chi connectivity index (χ1) is 10.1. The third-order valence-electron chi connectivity index (χ3n) is 2.87. The Kier molecular flexibility index (Phi) is 4.71. The van der Waals surface area contributed by atoms with E-state index in [1.54, 1.807) is 29.8 Å². The Morgan fingerprint density at radius 2 is 2.10 bits per heavy atom. The fourth-order valence-electron chi connectivity index (χ4n) is 1.90. The standard InChI is InChI=1S/C15H16N2O4/c1-11-9-12(18)10-13(21-11)15(20)16-6-4-8-17-7-3-2-5-14(17)19/h2-3,5,7,9-10H,4,6,8H2,1H3,(H,16,20). The van der Waals surface area contributed by atoms with Gasteiger partial charge in [-0.05, 0) is 19.4 Å². The summed E-state index contributed by atoms with van der Waals surface area (Å²) < 4.78 is 6.76. The van der Waals surface area contributed by atoms with Gasteiger partial charge in [0, 0.05) is 37.5 Å². The number of nitrogens with one attached hydrogen (secondary N) is 1. The normalized spacial score (nSPS) is 10.3. The molecule has 0 fully saturated rings. The van der Waals surface area contributed by atoms with Crippen molar-refractivity contribution in [1.29, 1.82) is 0 Å². The van der Waals surface area contributed by atoms with Crippen molar-refractivity contribution in [1.82, 2.24) is 9.88 Å². The number of pyridine rings is 1. The summed E-state index contributed by atoms with van der Waals surface area (Å²) in [6.07, 6.45) is 2.30. The summed E-state index contributed by atoms with van der Waals surface area (Å²) in [6.45, 7) is 2.51. The monoisotopic (exact) mass is 288 g/mol. The van der Waals surface area contributed by atoms with Crippen LogP contribution < -0.4 is 16.3 Å². The summed E-state index contributed by atoms with van der Waals surface area (Å²) in [4.78, 5) is 34.6. The maximum absolute atomic E-state index is 11.8. The first-order valence-electron chi connectivity index (χ1n) is 6.62. The fraction of sp³-hybridized carbons (Fsp3) is 0.267. The van der Waals surface area contributed by atoms with Gasteiger partial charge >= 0.3 is 0 Å². The van der Waals surface area contributed by atoms with Crippen LogP contribution >= 0.6 is 0 Å². The molecule has 0 saturated carbocycles.